The summed E-state index contributed by atoms with van der Waals surface area (Å²) >= 11 is 6.12. The SMILES string of the molecule is COC(=O)CCCC=CC[C@@H]1C(Cl)CCN1C(=O)O. The van der Waals surface area contributed by atoms with Crippen LogP contribution in [-0.2, 0) is 9.53 Å². The third-order valence-corrected chi connectivity index (χ3v) is 3.74. The van der Waals surface area contributed by atoms with Gasteiger partial charge in [0, 0.05) is 13.0 Å². The number of alkyl halides is 1. The van der Waals surface area contributed by atoms with Crippen LogP contribution in [0.2, 0.25) is 0 Å². The van der Waals surface area contributed by atoms with Crippen molar-refractivity contribution in [1.82, 2.24) is 4.90 Å². The first-order valence-electron chi connectivity index (χ1n) is 6.41. The molecule has 1 unspecified atom stereocenters. The van der Waals surface area contributed by atoms with Gasteiger partial charge in [-0.2, -0.15) is 0 Å². The Morgan fingerprint density at radius 2 is 2.21 bits per heavy atom. The van der Waals surface area contributed by atoms with Crippen molar-refractivity contribution in [3.8, 4) is 0 Å². The molecular weight excluding hydrogens is 270 g/mol. The second-order valence-corrected chi connectivity index (χ2v) is 5.08. The maximum atomic E-state index is 11.0. The fourth-order valence-electron chi connectivity index (χ4n) is 2.15. The molecule has 19 heavy (non-hydrogen) atoms. The molecule has 1 heterocycles. The standard InChI is InChI=1S/C13H20ClNO4/c1-19-12(16)7-5-3-2-4-6-11-10(14)8-9-15(11)13(17)18/h2,4,10-11H,3,5-9H2,1H3,(H,17,18)/t10?,11-/m1/s1. The normalized spacial score (nSPS) is 22.9. The Labute approximate surface area is 118 Å². The van der Waals surface area contributed by atoms with Crippen LogP contribution in [-0.4, -0.2) is 47.1 Å². The van der Waals surface area contributed by atoms with Crippen LogP contribution in [0.3, 0.4) is 0 Å². The first kappa shape index (κ1) is 15.8. The van der Waals surface area contributed by atoms with E-state index in [1.165, 1.54) is 12.0 Å². The van der Waals surface area contributed by atoms with E-state index in [4.69, 9.17) is 16.7 Å². The molecule has 0 radical (unpaired) electrons. The molecule has 1 aliphatic rings. The zero-order chi connectivity index (χ0) is 14.3. The molecule has 5 nitrogen and oxygen atoms in total. The number of carboxylic acid groups (broad SMARTS) is 1. The number of hydrogen-bond acceptors (Lipinski definition) is 3. The van der Waals surface area contributed by atoms with E-state index in [0.717, 1.165) is 12.8 Å². The number of carbonyl (C=O) groups excluding carboxylic acids is 1. The van der Waals surface area contributed by atoms with Crippen molar-refractivity contribution in [3.63, 3.8) is 0 Å². The minimum absolute atomic E-state index is 0.115. The van der Waals surface area contributed by atoms with E-state index >= 15 is 0 Å². The van der Waals surface area contributed by atoms with Crippen molar-refractivity contribution >= 4 is 23.7 Å². The molecule has 0 spiro atoms. The first-order valence-corrected chi connectivity index (χ1v) is 6.85. The molecule has 1 amide bonds. The van der Waals surface area contributed by atoms with Gasteiger partial charge in [-0.15, -0.1) is 11.6 Å². The van der Waals surface area contributed by atoms with Gasteiger partial charge in [0.25, 0.3) is 0 Å². The van der Waals surface area contributed by atoms with Crippen LogP contribution in [0, 0.1) is 0 Å². The van der Waals surface area contributed by atoms with E-state index in [9.17, 15) is 9.59 Å². The molecule has 0 aromatic rings. The maximum Gasteiger partial charge on any atom is 0.407 e. The van der Waals surface area contributed by atoms with Crippen LogP contribution in [0.15, 0.2) is 12.2 Å². The van der Waals surface area contributed by atoms with Gasteiger partial charge in [-0.3, -0.25) is 4.79 Å². The fourth-order valence-corrected chi connectivity index (χ4v) is 2.48. The molecule has 2 atom stereocenters. The van der Waals surface area contributed by atoms with Crippen molar-refractivity contribution in [2.75, 3.05) is 13.7 Å². The van der Waals surface area contributed by atoms with Crippen LogP contribution in [0.1, 0.15) is 32.1 Å². The smallest absolute Gasteiger partial charge is 0.407 e. The molecule has 108 valence electrons. The number of unbranched alkanes of at least 4 members (excludes halogenated alkanes) is 1. The third kappa shape index (κ3) is 5.11. The Bertz CT molecular complexity index is 346. The van der Waals surface area contributed by atoms with Gasteiger partial charge in [-0.25, -0.2) is 4.79 Å². The monoisotopic (exact) mass is 289 g/mol. The summed E-state index contributed by atoms with van der Waals surface area (Å²) in [6.45, 7) is 0.504. The Balaban J connectivity index is 2.26. The highest BCUT2D eigenvalue weighted by Crippen LogP contribution is 2.25. The summed E-state index contributed by atoms with van der Waals surface area (Å²) < 4.78 is 4.54. The van der Waals surface area contributed by atoms with E-state index in [-0.39, 0.29) is 17.4 Å². The highest BCUT2D eigenvalue weighted by molar-refractivity contribution is 6.21. The number of carbonyl (C=O) groups is 2. The number of ether oxygens (including phenoxy) is 1. The number of likely N-dealkylation sites (tertiary alicyclic amines) is 1. The third-order valence-electron chi connectivity index (χ3n) is 3.23. The Morgan fingerprint density at radius 1 is 1.47 bits per heavy atom. The van der Waals surface area contributed by atoms with E-state index in [1.807, 2.05) is 12.2 Å². The van der Waals surface area contributed by atoms with Crippen LogP contribution in [0.5, 0.6) is 0 Å². The lowest BCUT2D eigenvalue weighted by atomic mass is 10.1. The van der Waals surface area contributed by atoms with Gasteiger partial charge in [-0.05, 0) is 25.7 Å². The molecule has 1 rings (SSSR count). The van der Waals surface area contributed by atoms with Gasteiger partial charge in [0.05, 0.1) is 18.5 Å². The molecule has 1 N–H and O–H groups in total. The van der Waals surface area contributed by atoms with Crippen LogP contribution < -0.4 is 0 Å². The van der Waals surface area contributed by atoms with Gasteiger partial charge in [0.15, 0.2) is 0 Å². The summed E-state index contributed by atoms with van der Waals surface area (Å²) in [7, 11) is 1.37. The molecule has 1 saturated heterocycles. The predicted octanol–water partition coefficient (Wildman–Crippen LogP) is 2.64. The number of nitrogens with zero attached hydrogens (tertiary/aromatic N) is 1. The number of halogens is 1. The zero-order valence-electron chi connectivity index (χ0n) is 11.0. The topological polar surface area (TPSA) is 66.8 Å². The lowest BCUT2D eigenvalue weighted by Crippen LogP contribution is -2.36. The van der Waals surface area contributed by atoms with E-state index in [1.54, 1.807) is 0 Å². The number of methoxy groups -OCH3 is 1. The van der Waals surface area contributed by atoms with E-state index < -0.39 is 6.09 Å². The Morgan fingerprint density at radius 3 is 2.84 bits per heavy atom. The fraction of sp³-hybridized carbons (Fsp3) is 0.692. The molecule has 1 fully saturated rings. The zero-order valence-corrected chi connectivity index (χ0v) is 11.8. The second-order valence-electron chi connectivity index (χ2n) is 4.52. The summed E-state index contributed by atoms with van der Waals surface area (Å²) in [4.78, 5) is 23.3. The average molecular weight is 290 g/mol. The largest absolute Gasteiger partial charge is 0.469 e. The van der Waals surface area contributed by atoms with Crippen molar-refractivity contribution < 1.29 is 19.4 Å². The Hall–Kier alpha value is -1.23. The molecule has 0 aromatic carbocycles. The molecule has 0 bridgehead atoms. The molecule has 1 aliphatic heterocycles. The minimum atomic E-state index is -0.910. The Kier molecular flexibility index (Phi) is 6.70. The van der Waals surface area contributed by atoms with Crippen molar-refractivity contribution in [1.29, 1.82) is 0 Å². The first-order chi connectivity index (χ1) is 9.06. The summed E-state index contributed by atoms with van der Waals surface area (Å²) in [6, 6.07) is -0.143. The van der Waals surface area contributed by atoms with Gasteiger partial charge >= 0.3 is 12.1 Å². The maximum absolute atomic E-state index is 11.0. The molecular formula is C13H20ClNO4. The second kappa shape index (κ2) is 8.04. The van der Waals surface area contributed by atoms with Crippen LogP contribution in [0.25, 0.3) is 0 Å². The lowest BCUT2D eigenvalue weighted by molar-refractivity contribution is -0.140. The quantitative estimate of drug-likeness (QED) is 0.353. The van der Waals surface area contributed by atoms with Crippen LogP contribution >= 0.6 is 11.6 Å². The molecule has 0 aliphatic carbocycles. The predicted molar refractivity (Wildman–Crippen MR) is 72.4 cm³/mol. The number of esters is 1. The number of rotatable bonds is 6. The average Bonchev–Trinajstić information content (AvgIpc) is 2.75. The number of allylic oxidation sites excluding steroid dienone is 1. The summed E-state index contributed by atoms with van der Waals surface area (Å²) in [5.41, 5.74) is 0. The van der Waals surface area contributed by atoms with Gasteiger partial charge in [-0.1, -0.05) is 12.2 Å². The van der Waals surface area contributed by atoms with Crippen molar-refractivity contribution in [3.05, 3.63) is 12.2 Å². The summed E-state index contributed by atoms with van der Waals surface area (Å²) in [5.74, 6) is -0.206. The minimum Gasteiger partial charge on any atom is -0.469 e. The van der Waals surface area contributed by atoms with Crippen molar-refractivity contribution in [2.24, 2.45) is 0 Å². The molecule has 0 saturated carbocycles. The highest BCUT2D eigenvalue weighted by Gasteiger charge is 2.34. The summed E-state index contributed by atoms with van der Waals surface area (Å²) in [5, 5.41) is 8.91. The molecule has 0 aromatic heterocycles. The molecule has 6 heteroatoms. The van der Waals surface area contributed by atoms with Gasteiger partial charge in [0.1, 0.15) is 0 Å². The van der Waals surface area contributed by atoms with Gasteiger partial charge in [0.2, 0.25) is 0 Å². The van der Waals surface area contributed by atoms with Crippen molar-refractivity contribution in [2.45, 2.75) is 43.5 Å². The van der Waals surface area contributed by atoms with Gasteiger partial charge < -0.3 is 14.7 Å². The van der Waals surface area contributed by atoms with Crippen LogP contribution in [0.4, 0.5) is 4.79 Å². The van der Waals surface area contributed by atoms with E-state index in [0.29, 0.717) is 25.8 Å². The number of amides is 1. The van der Waals surface area contributed by atoms with E-state index in [2.05, 4.69) is 4.74 Å². The highest BCUT2D eigenvalue weighted by atomic mass is 35.5. The lowest BCUT2D eigenvalue weighted by Gasteiger charge is -2.21. The summed E-state index contributed by atoms with van der Waals surface area (Å²) in [6.07, 6.45) is 6.25. The number of hydrogen-bond donors (Lipinski definition) is 1.